The van der Waals surface area contributed by atoms with Gasteiger partial charge >= 0.3 is 0 Å². The summed E-state index contributed by atoms with van der Waals surface area (Å²) in [4.78, 5) is 20.2. The van der Waals surface area contributed by atoms with E-state index in [1.165, 1.54) is 11.7 Å². The van der Waals surface area contributed by atoms with Crippen molar-refractivity contribution in [3.63, 3.8) is 0 Å². The van der Waals surface area contributed by atoms with Gasteiger partial charge in [-0.25, -0.2) is 9.97 Å². The minimum Gasteiger partial charge on any atom is -0.255 e. The van der Waals surface area contributed by atoms with Crippen LogP contribution < -0.4 is 0 Å². The van der Waals surface area contributed by atoms with Crippen LogP contribution in [0.4, 0.5) is 0 Å². The fourth-order valence-electron chi connectivity index (χ4n) is 3.26. The van der Waals surface area contributed by atoms with Crippen LogP contribution in [0.5, 0.6) is 0 Å². The van der Waals surface area contributed by atoms with E-state index in [2.05, 4.69) is 40.8 Å². The smallest absolute Gasteiger partial charge is 0.126 e. The lowest BCUT2D eigenvalue weighted by molar-refractivity contribution is 1.33. The van der Waals surface area contributed by atoms with Crippen LogP contribution in [0.3, 0.4) is 0 Å². The molecule has 0 N–H and O–H groups in total. The van der Waals surface area contributed by atoms with E-state index in [9.17, 15) is 0 Å². The lowest BCUT2D eigenvalue weighted by atomic mass is 10.1. The molecule has 0 saturated carbocycles. The fourth-order valence-corrected chi connectivity index (χ4v) is 5.67. The van der Waals surface area contributed by atoms with Gasteiger partial charge in [-0.1, -0.05) is 12.1 Å². The minimum absolute atomic E-state index is 0.846. The van der Waals surface area contributed by atoms with Gasteiger partial charge in [0.15, 0.2) is 0 Å². The number of hydrogen-bond acceptors (Lipinski definition) is 9. The molecule has 0 spiro atoms. The summed E-state index contributed by atoms with van der Waals surface area (Å²) in [5.41, 5.74) is 5.47. The number of pyridine rings is 2. The van der Waals surface area contributed by atoms with Crippen LogP contribution in [0.2, 0.25) is 0 Å². The standard InChI is InChI=1S/C22H12N6S3/c1-3-9-23-15(5-1)17-11-25-21(29-17)13-7-8-14(20-19(13)27-31-28-20)22-26-12-18(30-22)16-6-2-4-10-24-16/h1-12H. The summed E-state index contributed by atoms with van der Waals surface area (Å²) in [7, 11) is 0. The summed E-state index contributed by atoms with van der Waals surface area (Å²) in [6, 6.07) is 15.9. The lowest BCUT2D eigenvalue weighted by Gasteiger charge is -2.02. The van der Waals surface area contributed by atoms with Crippen molar-refractivity contribution in [1.29, 1.82) is 0 Å². The third kappa shape index (κ3) is 3.32. The molecule has 0 saturated heterocycles. The molecule has 31 heavy (non-hydrogen) atoms. The predicted molar refractivity (Wildman–Crippen MR) is 126 cm³/mol. The number of nitrogens with zero attached hydrogens (tertiary/aromatic N) is 6. The summed E-state index contributed by atoms with van der Waals surface area (Å²) in [5, 5.41) is 1.80. The Balaban J connectivity index is 1.41. The largest absolute Gasteiger partial charge is 0.255 e. The Morgan fingerprint density at radius 3 is 1.52 bits per heavy atom. The Kier molecular flexibility index (Phi) is 4.56. The molecule has 5 heterocycles. The van der Waals surface area contributed by atoms with E-state index in [1.54, 1.807) is 35.1 Å². The maximum Gasteiger partial charge on any atom is 0.126 e. The Morgan fingerprint density at radius 2 is 1.06 bits per heavy atom. The van der Waals surface area contributed by atoms with Crippen molar-refractivity contribution in [1.82, 2.24) is 28.7 Å². The molecule has 6 nitrogen and oxygen atoms in total. The van der Waals surface area contributed by atoms with E-state index >= 15 is 0 Å². The molecule has 0 atom stereocenters. The van der Waals surface area contributed by atoms with Gasteiger partial charge in [0, 0.05) is 35.9 Å². The van der Waals surface area contributed by atoms with Gasteiger partial charge in [-0.2, -0.15) is 8.75 Å². The third-order valence-electron chi connectivity index (χ3n) is 4.72. The monoisotopic (exact) mass is 456 g/mol. The second-order valence-electron chi connectivity index (χ2n) is 6.61. The fraction of sp³-hybridized carbons (Fsp3) is 0. The van der Waals surface area contributed by atoms with Gasteiger partial charge < -0.3 is 0 Å². The van der Waals surface area contributed by atoms with Crippen molar-refractivity contribution < 1.29 is 0 Å². The highest BCUT2D eigenvalue weighted by atomic mass is 32.1. The topological polar surface area (TPSA) is 77.3 Å². The van der Waals surface area contributed by atoms with E-state index in [1.807, 2.05) is 48.8 Å². The van der Waals surface area contributed by atoms with Crippen LogP contribution in [-0.2, 0) is 0 Å². The Bertz CT molecular complexity index is 1380. The Labute approximate surface area is 189 Å². The molecule has 0 fully saturated rings. The molecule has 6 aromatic rings. The SMILES string of the molecule is c1ccc(-c2cnc(-c3ccc(-c4ncc(-c5ccccn5)s4)c4nsnc34)s2)nc1. The molecule has 0 bridgehead atoms. The highest BCUT2D eigenvalue weighted by molar-refractivity contribution is 7.18. The van der Waals surface area contributed by atoms with Crippen LogP contribution in [0.25, 0.3) is 53.3 Å². The van der Waals surface area contributed by atoms with Gasteiger partial charge in [0.2, 0.25) is 0 Å². The van der Waals surface area contributed by atoms with E-state index in [4.69, 9.17) is 0 Å². The van der Waals surface area contributed by atoms with Crippen molar-refractivity contribution in [2.75, 3.05) is 0 Å². The van der Waals surface area contributed by atoms with E-state index in [-0.39, 0.29) is 0 Å². The van der Waals surface area contributed by atoms with Crippen LogP contribution in [-0.4, -0.2) is 28.7 Å². The molecular formula is C22H12N6S3. The second kappa shape index (κ2) is 7.69. The zero-order valence-corrected chi connectivity index (χ0v) is 18.3. The molecule has 0 aliphatic carbocycles. The maximum absolute atomic E-state index is 4.63. The molecule has 1 aromatic carbocycles. The van der Waals surface area contributed by atoms with Crippen molar-refractivity contribution in [2.45, 2.75) is 0 Å². The highest BCUT2D eigenvalue weighted by Crippen LogP contribution is 2.39. The molecule has 0 amide bonds. The van der Waals surface area contributed by atoms with Gasteiger partial charge in [0.25, 0.3) is 0 Å². The number of hydrogen-bond donors (Lipinski definition) is 0. The summed E-state index contributed by atoms with van der Waals surface area (Å²) in [5.74, 6) is 0. The first-order chi connectivity index (χ1) is 15.4. The number of rotatable bonds is 4. The van der Waals surface area contributed by atoms with Gasteiger partial charge in [0.1, 0.15) is 21.0 Å². The molecule has 0 unspecified atom stereocenters. The number of fused-ring (bicyclic) bond motifs is 1. The third-order valence-corrected chi connectivity index (χ3v) is 7.36. The zero-order chi connectivity index (χ0) is 20.6. The first-order valence-corrected chi connectivity index (χ1v) is 11.7. The molecule has 6 rings (SSSR count). The van der Waals surface area contributed by atoms with E-state index in [0.29, 0.717) is 0 Å². The molecular weight excluding hydrogens is 444 g/mol. The Morgan fingerprint density at radius 1 is 0.548 bits per heavy atom. The average molecular weight is 457 g/mol. The molecule has 0 aliphatic rings. The molecule has 9 heteroatoms. The predicted octanol–water partition coefficient (Wildman–Crippen LogP) is 6.06. The van der Waals surface area contributed by atoms with Crippen molar-refractivity contribution in [3.05, 3.63) is 73.3 Å². The van der Waals surface area contributed by atoms with Gasteiger partial charge in [-0.05, 0) is 36.4 Å². The highest BCUT2D eigenvalue weighted by Gasteiger charge is 2.18. The van der Waals surface area contributed by atoms with Crippen molar-refractivity contribution >= 4 is 45.4 Å². The number of benzene rings is 1. The molecule has 5 aromatic heterocycles. The molecule has 0 aliphatic heterocycles. The lowest BCUT2D eigenvalue weighted by Crippen LogP contribution is -1.84. The summed E-state index contributed by atoms with van der Waals surface area (Å²) in [6.07, 6.45) is 7.31. The van der Waals surface area contributed by atoms with Crippen LogP contribution >= 0.6 is 34.4 Å². The summed E-state index contributed by atoms with van der Waals surface area (Å²) >= 11 is 4.41. The normalized spacial score (nSPS) is 11.2. The van der Waals surface area contributed by atoms with E-state index < -0.39 is 0 Å². The van der Waals surface area contributed by atoms with Crippen molar-refractivity contribution in [3.8, 4) is 42.3 Å². The first-order valence-electron chi connectivity index (χ1n) is 9.37. The second-order valence-corrected chi connectivity index (χ2v) is 9.20. The number of aromatic nitrogens is 6. The van der Waals surface area contributed by atoms with E-state index in [0.717, 1.165) is 53.3 Å². The Hall–Kier alpha value is -3.40. The molecule has 0 radical (unpaired) electrons. The maximum atomic E-state index is 4.63. The minimum atomic E-state index is 0.846. The first kappa shape index (κ1) is 18.4. The number of thiazole rings is 2. The summed E-state index contributed by atoms with van der Waals surface area (Å²) < 4.78 is 9.15. The van der Waals surface area contributed by atoms with Crippen LogP contribution in [0, 0.1) is 0 Å². The van der Waals surface area contributed by atoms with Gasteiger partial charge in [-0.15, -0.1) is 22.7 Å². The zero-order valence-electron chi connectivity index (χ0n) is 15.8. The average Bonchev–Trinajstić information content (AvgIpc) is 3.60. The quantitative estimate of drug-likeness (QED) is 0.321. The van der Waals surface area contributed by atoms with Crippen molar-refractivity contribution in [2.24, 2.45) is 0 Å². The van der Waals surface area contributed by atoms with Gasteiger partial charge in [-0.3, -0.25) is 9.97 Å². The molecule has 148 valence electrons. The van der Waals surface area contributed by atoms with Crippen LogP contribution in [0.1, 0.15) is 0 Å². The van der Waals surface area contributed by atoms with Crippen LogP contribution in [0.15, 0.2) is 73.3 Å². The summed E-state index contributed by atoms with van der Waals surface area (Å²) in [6.45, 7) is 0. The van der Waals surface area contributed by atoms with Gasteiger partial charge in [0.05, 0.1) is 32.9 Å².